The third-order valence-electron chi connectivity index (χ3n) is 2.77. The monoisotopic (exact) mass is 305 g/mol. The fourth-order valence-corrected chi connectivity index (χ4v) is 2.37. The molecule has 0 aliphatic heterocycles. The number of methoxy groups -OCH3 is 1. The van der Waals surface area contributed by atoms with Crippen molar-refractivity contribution < 1.29 is 14.3 Å². The number of rotatable bonds is 4. The first-order valence-corrected chi connectivity index (χ1v) is 7.06. The summed E-state index contributed by atoms with van der Waals surface area (Å²) in [6, 6.07) is 5.15. The maximum absolute atomic E-state index is 12.0. The van der Waals surface area contributed by atoms with Crippen LogP contribution in [0.2, 0.25) is 0 Å². The van der Waals surface area contributed by atoms with Gasteiger partial charge in [-0.3, -0.25) is 4.79 Å². The highest BCUT2D eigenvalue weighted by molar-refractivity contribution is 7.13. The molecule has 6 nitrogen and oxygen atoms in total. The molecule has 1 aromatic carbocycles. The van der Waals surface area contributed by atoms with E-state index in [0.29, 0.717) is 22.1 Å². The molecule has 2 aromatic rings. The van der Waals surface area contributed by atoms with E-state index in [4.69, 9.17) is 10.5 Å². The van der Waals surface area contributed by atoms with Gasteiger partial charge in [-0.05, 0) is 19.1 Å². The van der Waals surface area contributed by atoms with Gasteiger partial charge in [-0.25, -0.2) is 9.78 Å². The Morgan fingerprint density at radius 2 is 2.19 bits per heavy atom. The average molecular weight is 305 g/mol. The number of hydrogen-bond acceptors (Lipinski definition) is 6. The minimum atomic E-state index is -0.494. The van der Waals surface area contributed by atoms with Crippen LogP contribution in [0.15, 0.2) is 23.6 Å². The molecule has 0 fully saturated rings. The number of aryl methyl sites for hydroxylation is 1. The highest BCUT2D eigenvalue weighted by atomic mass is 32.1. The highest BCUT2D eigenvalue weighted by Gasteiger charge is 2.15. The van der Waals surface area contributed by atoms with Gasteiger partial charge in [0.2, 0.25) is 5.91 Å². The molecule has 0 bridgehead atoms. The van der Waals surface area contributed by atoms with Gasteiger partial charge < -0.3 is 15.8 Å². The summed E-state index contributed by atoms with van der Waals surface area (Å²) in [7, 11) is 1.30. The third kappa shape index (κ3) is 3.79. The van der Waals surface area contributed by atoms with E-state index in [0.717, 1.165) is 5.56 Å². The SMILES string of the molecule is COC(=O)c1cc(C)ccc1NC(=O)Cc1csc(N)n1. The lowest BCUT2D eigenvalue weighted by atomic mass is 10.1. The van der Waals surface area contributed by atoms with E-state index in [-0.39, 0.29) is 12.3 Å². The van der Waals surface area contributed by atoms with E-state index in [1.165, 1.54) is 18.4 Å². The molecular weight excluding hydrogens is 290 g/mol. The van der Waals surface area contributed by atoms with Crippen molar-refractivity contribution in [2.24, 2.45) is 0 Å². The maximum atomic E-state index is 12.0. The number of carbonyl (C=O) groups excluding carboxylic acids is 2. The van der Waals surface area contributed by atoms with E-state index in [9.17, 15) is 9.59 Å². The van der Waals surface area contributed by atoms with Crippen molar-refractivity contribution in [2.75, 3.05) is 18.2 Å². The molecule has 0 radical (unpaired) electrons. The largest absolute Gasteiger partial charge is 0.465 e. The van der Waals surface area contributed by atoms with Gasteiger partial charge in [0.25, 0.3) is 0 Å². The lowest BCUT2D eigenvalue weighted by molar-refractivity contribution is -0.115. The number of nitrogens with one attached hydrogen (secondary N) is 1. The van der Waals surface area contributed by atoms with Gasteiger partial charge in [0.15, 0.2) is 5.13 Å². The Morgan fingerprint density at radius 1 is 1.43 bits per heavy atom. The topological polar surface area (TPSA) is 94.3 Å². The van der Waals surface area contributed by atoms with Crippen LogP contribution in [0.1, 0.15) is 21.6 Å². The van der Waals surface area contributed by atoms with Crippen molar-refractivity contribution in [3.63, 3.8) is 0 Å². The molecule has 1 amide bonds. The Labute approximate surface area is 125 Å². The Balaban J connectivity index is 2.15. The number of esters is 1. The van der Waals surface area contributed by atoms with Gasteiger partial charge in [0, 0.05) is 5.38 Å². The second kappa shape index (κ2) is 6.36. The van der Waals surface area contributed by atoms with Crippen molar-refractivity contribution in [1.82, 2.24) is 4.98 Å². The van der Waals surface area contributed by atoms with Crippen LogP contribution >= 0.6 is 11.3 Å². The second-order valence-corrected chi connectivity index (χ2v) is 5.33. The van der Waals surface area contributed by atoms with Gasteiger partial charge >= 0.3 is 5.97 Å². The van der Waals surface area contributed by atoms with Crippen molar-refractivity contribution >= 4 is 34.0 Å². The van der Waals surface area contributed by atoms with E-state index in [2.05, 4.69) is 10.3 Å². The molecule has 110 valence electrons. The number of amides is 1. The number of nitrogens with zero attached hydrogens (tertiary/aromatic N) is 1. The molecule has 7 heteroatoms. The first-order chi connectivity index (χ1) is 9.99. The van der Waals surface area contributed by atoms with Crippen molar-refractivity contribution in [1.29, 1.82) is 0 Å². The van der Waals surface area contributed by atoms with Crippen LogP contribution in [0.25, 0.3) is 0 Å². The summed E-state index contributed by atoms with van der Waals surface area (Å²) in [5.41, 5.74) is 7.76. The molecule has 0 atom stereocenters. The highest BCUT2D eigenvalue weighted by Crippen LogP contribution is 2.19. The number of nitrogen functional groups attached to an aromatic ring is 1. The zero-order valence-corrected chi connectivity index (χ0v) is 12.5. The number of aromatic nitrogens is 1. The van der Waals surface area contributed by atoms with E-state index in [1.54, 1.807) is 17.5 Å². The quantitative estimate of drug-likeness (QED) is 0.843. The Hall–Kier alpha value is -2.41. The molecule has 1 aromatic heterocycles. The van der Waals surface area contributed by atoms with Crippen LogP contribution < -0.4 is 11.1 Å². The van der Waals surface area contributed by atoms with Gasteiger partial charge in [-0.2, -0.15) is 0 Å². The molecule has 1 heterocycles. The number of ether oxygens (including phenoxy) is 1. The Morgan fingerprint density at radius 3 is 2.81 bits per heavy atom. The predicted molar refractivity (Wildman–Crippen MR) is 81.4 cm³/mol. The minimum absolute atomic E-state index is 0.0994. The molecular formula is C14H15N3O3S. The minimum Gasteiger partial charge on any atom is -0.465 e. The lowest BCUT2D eigenvalue weighted by Crippen LogP contribution is -2.17. The molecule has 0 unspecified atom stereocenters. The molecule has 0 saturated carbocycles. The molecule has 3 N–H and O–H groups in total. The Kier molecular flexibility index (Phi) is 4.54. The number of thiazole rings is 1. The summed E-state index contributed by atoms with van der Waals surface area (Å²) in [6.07, 6.45) is 0.0994. The van der Waals surface area contributed by atoms with Crippen molar-refractivity contribution in [2.45, 2.75) is 13.3 Å². The zero-order chi connectivity index (χ0) is 15.4. The Bertz CT molecular complexity index is 682. The van der Waals surface area contributed by atoms with Gasteiger partial charge in [-0.15, -0.1) is 11.3 Å². The summed E-state index contributed by atoms with van der Waals surface area (Å²) in [5.74, 6) is -0.763. The molecule has 0 saturated heterocycles. The van der Waals surface area contributed by atoms with Gasteiger partial charge in [0.1, 0.15) is 0 Å². The fraction of sp³-hybridized carbons (Fsp3) is 0.214. The van der Waals surface area contributed by atoms with E-state index in [1.807, 2.05) is 13.0 Å². The van der Waals surface area contributed by atoms with Gasteiger partial charge in [-0.1, -0.05) is 11.6 Å². The fourth-order valence-electron chi connectivity index (χ4n) is 1.81. The summed E-state index contributed by atoms with van der Waals surface area (Å²) in [4.78, 5) is 27.8. The van der Waals surface area contributed by atoms with Crippen LogP contribution in [0.5, 0.6) is 0 Å². The van der Waals surface area contributed by atoms with Crippen LogP contribution in [-0.2, 0) is 16.0 Å². The standard InChI is InChI=1S/C14H15N3O3S/c1-8-3-4-11(10(5-8)13(19)20-2)17-12(18)6-9-7-21-14(15)16-9/h3-5,7H,6H2,1-2H3,(H2,15,16)(H,17,18). The number of nitrogens with two attached hydrogens (primary N) is 1. The molecule has 21 heavy (non-hydrogen) atoms. The normalized spacial score (nSPS) is 10.2. The van der Waals surface area contributed by atoms with E-state index < -0.39 is 5.97 Å². The second-order valence-electron chi connectivity index (χ2n) is 4.44. The maximum Gasteiger partial charge on any atom is 0.339 e. The molecule has 0 aliphatic carbocycles. The first-order valence-electron chi connectivity index (χ1n) is 6.18. The smallest absolute Gasteiger partial charge is 0.339 e. The van der Waals surface area contributed by atoms with E-state index >= 15 is 0 Å². The number of anilines is 2. The van der Waals surface area contributed by atoms with Crippen molar-refractivity contribution in [3.05, 3.63) is 40.4 Å². The van der Waals surface area contributed by atoms with Crippen LogP contribution in [-0.4, -0.2) is 24.0 Å². The summed E-state index contributed by atoms with van der Waals surface area (Å²) in [6.45, 7) is 1.86. The van der Waals surface area contributed by atoms with Crippen LogP contribution in [0.3, 0.4) is 0 Å². The number of hydrogen-bond donors (Lipinski definition) is 2. The van der Waals surface area contributed by atoms with Crippen LogP contribution in [0.4, 0.5) is 10.8 Å². The number of benzene rings is 1. The van der Waals surface area contributed by atoms with Gasteiger partial charge in [0.05, 0.1) is 30.5 Å². The van der Waals surface area contributed by atoms with Crippen LogP contribution in [0, 0.1) is 6.92 Å². The molecule has 0 spiro atoms. The predicted octanol–water partition coefficient (Wildman–Crippen LogP) is 2.00. The third-order valence-corrected chi connectivity index (χ3v) is 3.49. The molecule has 2 rings (SSSR count). The zero-order valence-electron chi connectivity index (χ0n) is 11.7. The first kappa shape index (κ1) is 15.0. The molecule has 0 aliphatic rings. The number of carbonyl (C=O) groups is 2. The van der Waals surface area contributed by atoms with Crippen molar-refractivity contribution in [3.8, 4) is 0 Å². The summed E-state index contributed by atoms with van der Waals surface area (Å²) in [5, 5.41) is 4.84. The summed E-state index contributed by atoms with van der Waals surface area (Å²) < 4.78 is 4.72. The average Bonchev–Trinajstić information content (AvgIpc) is 2.85. The summed E-state index contributed by atoms with van der Waals surface area (Å²) >= 11 is 1.28. The lowest BCUT2D eigenvalue weighted by Gasteiger charge is -2.10.